The average molecular weight is 266 g/mol. The highest BCUT2D eigenvalue weighted by molar-refractivity contribution is 8.00. The first-order valence-electron chi connectivity index (χ1n) is 5.98. The number of carboxylic acids is 1. The van der Waals surface area contributed by atoms with Gasteiger partial charge >= 0.3 is 5.97 Å². The van der Waals surface area contributed by atoms with Crippen molar-refractivity contribution in [2.45, 2.75) is 31.4 Å². The highest BCUT2D eigenvalue weighted by Gasteiger charge is 2.41. The van der Waals surface area contributed by atoms with Gasteiger partial charge in [0.25, 0.3) is 0 Å². The lowest BCUT2D eigenvalue weighted by Crippen LogP contribution is -2.20. The molecule has 1 aliphatic carbocycles. The highest BCUT2D eigenvalue weighted by Crippen LogP contribution is 2.47. The minimum atomic E-state index is -0.920. The lowest BCUT2D eigenvalue weighted by atomic mass is 10.1. The van der Waals surface area contributed by atoms with E-state index in [0.29, 0.717) is 5.82 Å². The molecule has 1 saturated carbocycles. The summed E-state index contributed by atoms with van der Waals surface area (Å²) in [7, 11) is 0. The van der Waals surface area contributed by atoms with Crippen LogP contribution in [0.15, 0.2) is 6.07 Å². The van der Waals surface area contributed by atoms with Gasteiger partial charge in [-0.25, -0.2) is 9.78 Å². The summed E-state index contributed by atoms with van der Waals surface area (Å²) in [6, 6.07) is 1.80. The lowest BCUT2D eigenvalue weighted by molar-refractivity contribution is 0.0697. The van der Waals surface area contributed by atoms with Crippen molar-refractivity contribution in [2.75, 3.05) is 18.1 Å². The van der Waals surface area contributed by atoms with Gasteiger partial charge in [0.15, 0.2) is 0 Å². The number of aryl methyl sites for hydroxylation is 2. The molecule has 1 heterocycles. The normalized spacial score (nSPS) is 16.4. The number of nitrogens with one attached hydrogen (secondary N) is 1. The van der Waals surface area contributed by atoms with Gasteiger partial charge in [-0.2, -0.15) is 11.8 Å². The van der Waals surface area contributed by atoms with Crippen LogP contribution in [0.1, 0.15) is 34.5 Å². The number of carboxylic acid groups (broad SMARTS) is 1. The molecule has 0 bridgehead atoms. The molecule has 2 N–H and O–H groups in total. The molecular weight excluding hydrogens is 248 g/mol. The highest BCUT2D eigenvalue weighted by atomic mass is 32.2. The third-order valence-electron chi connectivity index (χ3n) is 3.38. The van der Waals surface area contributed by atoms with E-state index >= 15 is 0 Å². The van der Waals surface area contributed by atoms with Gasteiger partial charge < -0.3 is 10.4 Å². The molecule has 0 spiro atoms. The Morgan fingerprint density at radius 3 is 2.72 bits per heavy atom. The molecule has 98 valence electrons. The monoisotopic (exact) mass is 266 g/mol. The third kappa shape index (κ3) is 2.61. The number of aromatic carboxylic acids is 1. The standard InChI is InChI=1S/C13H18N2O2S/c1-8-6-9(2)15-11(10(8)12(16)17)14-7-13(18-3)4-5-13/h6H,4-5,7H2,1-3H3,(H,14,15)(H,16,17). The van der Waals surface area contributed by atoms with Crippen LogP contribution in [0.3, 0.4) is 0 Å². The summed E-state index contributed by atoms with van der Waals surface area (Å²) in [4.78, 5) is 15.6. The van der Waals surface area contributed by atoms with E-state index < -0.39 is 5.97 Å². The van der Waals surface area contributed by atoms with E-state index in [1.807, 2.05) is 25.6 Å². The summed E-state index contributed by atoms with van der Waals surface area (Å²) in [6.07, 6.45) is 4.48. The molecular formula is C13H18N2O2S. The summed E-state index contributed by atoms with van der Waals surface area (Å²) >= 11 is 1.84. The first kappa shape index (κ1) is 13.2. The Morgan fingerprint density at radius 1 is 1.56 bits per heavy atom. The zero-order valence-corrected chi connectivity index (χ0v) is 11.7. The second-order valence-corrected chi connectivity index (χ2v) is 6.12. The zero-order chi connectivity index (χ0) is 13.3. The molecule has 5 heteroatoms. The number of pyridine rings is 1. The number of anilines is 1. The fraction of sp³-hybridized carbons (Fsp3) is 0.538. The van der Waals surface area contributed by atoms with Gasteiger partial charge in [0.1, 0.15) is 11.4 Å². The smallest absolute Gasteiger partial charge is 0.339 e. The zero-order valence-electron chi connectivity index (χ0n) is 10.9. The molecule has 0 amide bonds. The van der Waals surface area contributed by atoms with Gasteiger partial charge in [0.05, 0.1) is 0 Å². The van der Waals surface area contributed by atoms with E-state index in [1.54, 1.807) is 6.07 Å². The summed E-state index contributed by atoms with van der Waals surface area (Å²) < 4.78 is 0.287. The maximum atomic E-state index is 11.3. The van der Waals surface area contributed by atoms with Gasteiger partial charge in [0, 0.05) is 17.0 Å². The van der Waals surface area contributed by atoms with Crippen LogP contribution in [-0.2, 0) is 0 Å². The molecule has 4 nitrogen and oxygen atoms in total. The van der Waals surface area contributed by atoms with Gasteiger partial charge in [-0.15, -0.1) is 0 Å². The predicted molar refractivity (Wildman–Crippen MR) is 74.6 cm³/mol. The van der Waals surface area contributed by atoms with Crippen molar-refractivity contribution in [2.24, 2.45) is 0 Å². The Balaban J connectivity index is 2.23. The molecule has 0 atom stereocenters. The van der Waals surface area contributed by atoms with Crippen molar-refractivity contribution in [3.63, 3.8) is 0 Å². The van der Waals surface area contributed by atoms with Crippen LogP contribution in [0.5, 0.6) is 0 Å². The van der Waals surface area contributed by atoms with E-state index in [-0.39, 0.29) is 10.3 Å². The molecule has 1 aliphatic rings. The van der Waals surface area contributed by atoms with Crippen molar-refractivity contribution in [1.29, 1.82) is 0 Å². The minimum absolute atomic E-state index is 0.287. The number of hydrogen-bond acceptors (Lipinski definition) is 4. The Labute approximate surface area is 111 Å². The summed E-state index contributed by atoms with van der Waals surface area (Å²) in [5, 5.41) is 12.5. The number of carbonyl (C=O) groups is 1. The van der Waals surface area contributed by atoms with Crippen molar-refractivity contribution in [1.82, 2.24) is 4.98 Å². The molecule has 1 aromatic heterocycles. The third-order valence-corrected chi connectivity index (χ3v) is 4.80. The quantitative estimate of drug-likeness (QED) is 0.858. The van der Waals surface area contributed by atoms with Crippen LogP contribution < -0.4 is 5.32 Å². The maximum absolute atomic E-state index is 11.3. The van der Waals surface area contributed by atoms with E-state index in [0.717, 1.165) is 17.8 Å². The summed E-state index contributed by atoms with van der Waals surface area (Å²) in [6.45, 7) is 4.47. The van der Waals surface area contributed by atoms with Crippen molar-refractivity contribution < 1.29 is 9.90 Å². The Bertz CT molecular complexity index is 484. The average Bonchev–Trinajstić information content (AvgIpc) is 3.05. The SMILES string of the molecule is CSC1(CNc2nc(C)cc(C)c2C(=O)O)CC1. The van der Waals surface area contributed by atoms with Gasteiger partial charge in [-0.05, 0) is 44.6 Å². The van der Waals surface area contributed by atoms with E-state index in [2.05, 4.69) is 16.6 Å². The molecule has 0 aromatic carbocycles. The van der Waals surface area contributed by atoms with Gasteiger partial charge in [-0.1, -0.05) is 0 Å². The van der Waals surface area contributed by atoms with Crippen LogP contribution in [0.25, 0.3) is 0 Å². The fourth-order valence-electron chi connectivity index (χ4n) is 2.07. The van der Waals surface area contributed by atoms with E-state index in [9.17, 15) is 9.90 Å². The molecule has 2 rings (SSSR count). The van der Waals surface area contributed by atoms with Gasteiger partial charge in [0.2, 0.25) is 0 Å². The molecule has 18 heavy (non-hydrogen) atoms. The summed E-state index contributed by atoms with van der Waals surface area (Å²) in [5.74, 6) is -0.420. The Hall–Kier alpha value is -1.23. The number of nitrogens with zero attached hydrogens (tertiary/aromatic N) is 1. The van der Waals surface area contributed by atoms with Crippen LogP contribution in [0.2, 0.25) is 0 Å². The number of hydrogen-bond donors (Lipinski definition) is 2. The molecule has 0 saturated heterocycles. The minimum Gasteiger partial charge on any atom is -0.478 e. The molecule has 0 aliphatic heterocycles. The topological polar surface area (TPSA) is 62.2 Å². The number of thioether (sulfide) groups is 1. The first-order valence-corrected chi connectivity index (χ1v) is 7.20. The fourth-order valence-corrected chi connectivity index (χ4v) is 2.80. The maximum Gasteiger partial charge on any atom is 0.339 e. The Kier molecular flexibility index (Phi) is 3.52. The van der Waals surface area contributed by atoms with Gasteiger partial charge in [-0.3, -0.25) is 0 Å². The Morgan fingerprint density at radius 2 is 2.22 bits per heavy atom. The first-order chi connectivity index (χ1) is 8.47. The molecule has 0 radical (unpaired) electrons. The largest absolute Gasteiger partial charge is 0.478 e. The van der Waals surface area contributed by atoms with E-state index in [1.165, 1.54) is 12.8 Å². The summed E-state index contributed by atoms with van der Waals surface area (Å²) in [5.41, 5.74) is 1.89. The van der Waals surface area contributed by atoms with Crippen LogP contribution in [0, 0.1) is 13.8 Å². The van der Waals surface area contributed by atoms with Crippen LogP contribution in [-0.4, -0.2) is 33.6 Å². The molecule has 1 aromatic rings. The van der Waals surface area contributed by atoms with Crippen molar-refractivity contribution in [3.05, 3.63) is 22.9 Å². The van der Waals surface area contributed by atoms with Crippen molar-refractivity contribution >= 4 is 23.5 Å². The lowest BCUT2D eigenvalue weighted by Gasteiger charge is -2.16. The number of rotatable bonds is 5. The molecule has 1 fully saturated rings. The van der Waals surface area contributed by atoms with Crippen LogP contribution >= 0.6 is 11.8 Å². The molecule has 0 unspecified atom stereocenters. The second-order valence-electron chi connectivity index (χ2n) is 4.85. The van der Waals surface area contributed by atoms with Crippen LogP contribution in [0.4, 0.5) is 5.82 Å². The van der Waals surface area contributed by atoms with Crippen molar-refractivity contribution in [3.8, 4) is 0 Å². The van der Waals surface area contributed by atoms with E-state index in [4.69, 9.17) is 0 Å². The second kappa shape index (κ2) is 4.80. The predicted octanol–water partition coefficient (Wildman–Crippen LogP) is 2.70. The number of aromatic nitrogens is 1.